The molecular formula is C30H42N10O. The predicted octanol–water partition coefficient (Wildman–Crippen LogP) is 3.35. The van der Waals surface area contributed by atoms with Gasteiger partial charge < -0.3 is 24.3 Å². The first-order chi connectivity index (χ1) is 19.9. The number of rotatable bonds is 10. The van der Waals surface area contributed by atoms with Gasteiger partial charge in [-0.1, -0.05) is 0 Å². The van der Waals surface area contributed by atoms with E-state index < -0.39 is 0 Å². The molecule has 2 saturated carbocycles. The zero-order chi connectivity index (χ0) is 28.2. The first-order valence-corrected chi connectivity index (χ1v) is 15.3. The van der Waals surface area contributed by atoms with Crippen molar-refractivity contribution in [2.45, 2.75) is 77.7 Å². The van der Waals surface area contributed by atoms with Gasteiger partial charge >= 0.3 is 0 Å². The second-order valence-corrected chi connectivity index (χ2v) is 12.1. The lowest BCUT2D eigenvalue weighted by Crippen LogP contribution is -2.44. The number of hydrogen-bond donors (Lipinski definition) is 1. The van der Waals surface area contributed by atoms with Crippen molar-refractivity contribution in [3.63, 3.8) is 0 Å². The minimum absolute atomic E-state index is 0.255. The molecule has 218 valence electrons. The van der Waals surface area contributed by atoms with Gasteiger partial charge in [0.05, 0.1) is 24.0 Å². The number of nitrogens with one attached hydrogen (secondary N) is 1. The number of carbonyl (C=O) groups is 1. The Morgan fingerprint density at radius 3 is 2.39 bits per heavy atom. The Bertz CT molecular complexity index is 1570. The molecule has 7 rings (SSSR count). The fraction of sp³-hybridized carbons (Fsp3) is 0.600. The number of hydrogen-bond acceptors (Lipinski definition) is 7. The summed E-state index contributed by atoms with van der Waals surface area (Å²) in [5.41, 5.74) is 4.94. The molecule has 3 fully saturated rings. The molecule has 5 heterocycles. The fourth-order valence-corrected chi connectivity index (χ4v) is 6.48. The van der Waals surface area contributed by atoms with E-state index in [1.54, 1.807) is 0 Å². The van der Waals surface area contributed by atoms with Crippen molar-refractivity contribution < 1.29 is 4.79 Å². The third-order valence-electron chi connectivity index (χ3n) is 9.00. The largest absolute Gasteiger partial charge is 0.336 e. The molecule has 11 nitrogen and oxygen atoms in total. The number of fused-ring (bicyclic) bond motifs is 3. The quantitative estimate of drug-likeness (QED) is 0.319. The van der Waals surface area contributed by atoms with Gasteiger partial charge in [-0.15, -0.1) is 0 Å². The van der Waals surface area contributed by atoms with Crippen LogP contribution in [0.25, 0.3) is 22.1 Å². The van der Waals surface area contributed by atoms with Crippen molar-refractivity contribution >= 4 is 39.6 Å². The van der Waals surface area contributed by atoms with Crippen molar-refractivity contribution in [2.75, 3.05) is 38.5 Å². The van der Waals surface area contributed by atoms with E-state index in [1.807, 2.05) is 13.4 Å². The molecule has 0 radical (unpaired) electrons. The molecule has 4 aromatic heterocycles. The highest BCUT2D eigenvalue weighted by atomic mass is 16.2. The molecule has 1 N–H and O–H groups in total. The molecule has 1 amide bonds. The van der Waals surface area contributed by atoms with Gasteiger partial charge in [0.1, 0.15) is 11.2 Å². The lowest BCUT2D eigenvalue weighted by atomic mass is 10.2. The predicted molar refractivity (Wildman–Crippen MR) is 160 cm³/mol. The molecule has 3 aliphatic rings. The van der Waals surface area contributed by atoms with Gasteiger partial charge in [0, 0.05) is 82.1 Å². The summed E-state index contributed by atoms with van der Waals surface area (Å²) in [6, 6.07) is 5.22. The molecule has 4 aromatic rings. The van der Waals surface area contributed by atoms with Crippen LogP contribution < -0.4 is 5.32 Å². The van der Waals surface area contributed by atoms with Crippen LogP contribution in [-0.4, -0.2) is 94.8 Å². The third kappa shape index (κ3) is 4.99. The molecule has 41 heavy (non-hydrogen) atoms. The summed E-state index contributed by atoms with van der Waals surface area (Å²) in [6.45, 7) is 11.0. The molecule has 1 aliphatic heterocycles. The minimum Gasteiger partial charge on any atom is -0.336 e. The van der Waals surface area contributed by atoms with Gasteiger partial charge in [0.25, 0.3) is 0 Å². The first-order valence-electron chi connectivity index (χ1n) is 15.3. The van der Waals surface area contributed by atoms with Gasteiger partial charge in [-0.2, -0.15) is 5.10 Å². The second kappa shape index (κ2) is 10.4. The molecule has 11 heteroatoms. The Morgan fingerprint density at radius 2 is 1.73 bits per heavy atom. The maximum atomic E-state index is 13.5. The highest BCUT2D eigenvalue weighted by molar-refractivity contribution is 6.07. The van der Waals surface area contributed by atoms with Crippen LogP contribution in [0.4, 0.5) is 11.6 Å². The van der Waals surface area contributed by atoms with Crippen molar-refractivity contribution in [3.05, 3.63) is 29.8 Å². The van der Waals surface area contributed by atoms with E-state index >= 15 is 0 Å². The van der Waals surface area contributed by atoms with Crippen molar-refractivity contribution in [3.8, 4) is 0 Å². The van der Waals surface area contributed by atoms with Crippen LogP contribution in [0.3, 0.4) is 0 Å². The zero-order valence-corrected chi connectivity index (χ0v) is 24.8. The monoisotopic (exact) mass is 558 g/mol. The summed E-state index contributed by atoms with van der Waals surface area (Å²) in [5, 5.41) is 9.45. The average Bonchev–Trinajstić information content (AvgIpc) is 3.87. The fourth-order valence-electron chi connectivity index (χ4n) is 6.48. The highest BCUT2D eigenvalue weighted by Gasteiger charge is 2.42. The summed E-state index contributed by atoms with van der Waals surface area (Å²) in [6.07, 6.45) is 6.85. The summed E-state index contributed by atoms with van der Waals surface area (Å²) in [7, 11) is 4.21. The van der Waals surface area contributed by atoms with E-state index in [1.165, 1.54) is 5.69 Å². The zero-order valence-electron chi connectivity index (χ0n) is 24.8. The van der Waals surface area contributed by atoms with E-state index in [0.29, 0.717) is 24.3 Å². The van der Waals surface area contributed by atoms with Gasteiger partial charge in [-0.05, 0) is 52.6 Å². The molecule has 1 saturated heterocycles. The Hall–Kier alpha value is -3.44. The number of anilines is 2. The average molecular weight is 559 g/mol. The second-order valence-electron chi connectivity index (χ2n) is 12.1. The van der Waals surface area contributed by atoms with Crippen LogP contribution in [0.5, 0.6) is 0 Å². The number of likely N-dealkylation sites (N-methyl/N-ethyl adjacent to an activating group) is 1. The van der Waals surface area contributed by atoms with Crippen molar-refractivity contribution in [1.29, 1.82) is 0 Å². The highest BCUT2D eigenvalue weighted by Crippen LogP contribution is 2.38. The number of carbonyl (C=O) groups excluding carboxylic acids is 1. The Morgan fingerprint density at radius 1 is 1.00 bits per heavy atom. The molecule has 0 unspecified atom stereocenters. The summed E-state index contributed by atoms with van der Waals surface area (Å²) in [4.78, 5) is 30.4. The SMILES string of the molecule is CCn1nc(Nc2nc3c(cc(CC(=O)N(C4CC4)C4CC4)n3CC)c3c2ncn3C)cc1CN1CCN(C)CC1. The van der Waals surface area contributed by atoms with Crippen molar-refractivity contribution in [2.24, 2.45) is 7.05 Å². The molecule has 0 spiro atoms. The van der Waals surface area contributed by atoms with E-state index in [-0.39, 0.29) is 5.91 Å². The van der Waals surface area contributed by atoms with E-state index in [2.05, 4.69) is 66.9 Å². The third-order valence-corrected chi connectivity index (χ3v) is 9.00. The Kier molecular flexibility index (Phi) is 6.73. The minimum atomic E-state index is 0.255. The van der Waals surface area contributed by atoms with E-state index in [0.717, 1.165) is 105 Å². The van der Waals surface area contributed by atoms with E-state index in [9.17, 15) is 4.79 Å². The van der Waals surface area contributed by atoms with Crippen LogP contribution in [0.1, 0.15) is 50.9 Å². The van der Waals surface area contributed by atoms with Crippen LogP contribution in [0, 0.1) is 0 Å². The van der Waals surface area contributed by atoms with Gasteiger partial charge in [-0.3, -0.25) is 14.4 Å². The number of amides is 1. The van der Waals surface area contributed by atoms with E-state index in [4.69, 9.17) is 15.1 Å². The maximum absolute atomic E-state index is 13.5. The topological polar surface area (TPSA) is 92.3 Å². The maximum Gasteiger partial charge on any atom is 0.229 e. The van der Waals surface area contributed by atoms with Gasteiger partial charge in [0.15, 0.2) is 11.6 Å². The van der Waals surface area contributed by atoms with Gasteiger partial charge in [-0.25, -0.2) is 9.97 Å². The Balaban J connectivity index is 1.21. The van der Waals surface area contributed by atoms with Crippen molar-refractivity contribution in [1.82, 2.24) is 43.6 Å². The first kappa shape index (κ1) is 26.5. The molecule has 0 bridgehead atoms. The molecule has 0 atom stereocenters. The lowest BCUT2D eigenvalue weighted by molar-refractivity contribution is -0.131. The summed E-state index contributed by atoms with van der Waals surface area (Å²) < 4.78 is 6.34. The molecular weight excluding hydrogens is 516 g/mol. The summed E-state index contributed by atoms with van der Waals surface area (Å²) >= 11 is 0. The number of pyridine rings is 1. The van der Waals surface area contributed by atoms with Gasteiger partial charge in [0.2, 0.25) is 5.91 Å². The number of imidazole rings is 1. The number of nitrogens with zero attached hydrogens (tertiary/aromatic N) is 9. The van der Waals surface area contributed by atoms with Crippen LogP contribution >= 0.6 is 0 Å². The van der Waals surface area contributed by atoms with Crippen LogP contribution in [0.15, 0.2) is 18.5 Å². The molecule has 0 aromatic carbocycles. The molecule has 2 aliphatic carbocycles. The normalized spacial score (nSPS) is 18.5. The standard InChI is InChI=1S/C30H42N10O/c1-5-38-22(17-26(41)40(20-7-8-20)21-9-10-21)15-24-28-27(31-19-36(28)4)29(33-30(24)38)32-25-16-23(39(6-2)34-25)18-37-13-11-35(3)12-14-37/h15-16,19-21H,5-14,17-18H2,1-4H3,(H,32,33,34). The lowest BCUT2D eigenvalue weighted by Gasteiger charge is -2.32. The smallest absolute Gasteiger partial charge is 0.229 e. The van der Waals surface area contributed by atoms with Crippen LogP contribution in [-0.2, 0) is 37.9 Å². The Labute approximate surface area is 241 Å². The number of aromatic nitrogens is 6. The number of piperazine rings is 1. The van der Waals surface area contributed by atoms with Crippen LogP contribution in [0.2, 0.25) is 0 Å². The number of aryl methyl sites for hydroxylation is 3. The summed E-state index contributed by atoms with van der Waals surface area (Å²) in [5.74, 6) is 1.73.